The van der Waals surface area contributed by atoms with Gasteiger partial charge in [-0.25, -0.2) is 4.98 Å². The second-order valence-corrected chi connectivity index (χ2v) is 5.93. The predicted octanol–water partition coefficient (Wildman–Crippen LogP) is 2.06. The average Bonchev–Trinajstić information content (AvgIpc) is 3.14. The largest absolute Gasteiger partial charge is 0.306 e. The van der Waals surface area contributed by atoms with Crippen LogP contribution in [-0.4, -0.2) is 33.8 Å². The van der Waals surface area contributed by atoms with Crippen LogP contribution in [0.3, 0.4) is 0 Å². The van der Waals surface area contributed by atoms with E-state index in [-0.39, 0.29) is 18.0 Å². The first-order valence-corrected chi connectivity index (χ1v) is 7.78. The first-order valence-electron chi connectivity index (χ1n) is 6.90. The molecule has 2 atom stereocenters. The highest BCUT2D eigenvalue weighted by Gasteiger charge is 2.15. The number of carbonyl (C=O) groups is 1. The standard InChI is InChI=1S/C14H21N5OS/c1-10(11(2)19-7-5-6-16-19)15-8-13-9-21-14(17-13)18(4)12(3)20/h5-7,9-11,15H,8H2,1-4H3. The summed E-state index contributed by atoms with van der Waals surface area (Å²) in [5, 5.41) is 10.4. The Balaban J connectivity index is 1.90. The van der Waals surface area contributed by atoms with Crippen molar-refractivity contribution >= 4 is 22.4 Å². The predicted molar refractivity (Wildman–Crippen MR) is 84.4 cm³/mol. The minimum atomic E-state index is -0.00969. The van der Waals surface area contributed by atoms with Crippen molar-refractivity contribution in [3.05, 3.63) is 29.5 Å². The Morgan fingerprint density at radius 1 is 1.52 bits per heavy atom. The van der Waals surface area contributed by atoms with E-state index in [0.29, 0.717) is 6.54 Å². The minimum Gasteiger partial charge on any atom is -0.306 e. The fourth-order valence-corrected chi connectivity index (χ4v) is 2.69. The van der Waals surface area contributed by atoms with Gasteiger partial charge in [-0.15, -0.1) is 11.3 Å². The second kappa shape index (κ2) is 6.82. The van der Waals surface area contributed by atoms with E-state index in [1.54, 1.807) is 18.1 Å². The third-order valence-corrected chi connectivity index (χ3v) is 4.54. The van der Waals surface area contributed by atoms with Gasteiger partial charge in [0.2, 0.25) is 5.91 Å². The molecule has 0 aromatic carbocycles. The van der Waals surface area contributed by atoms with Crippen LogP contribution in [0.2, 0.25) is 0 Å². The van der Waals surface area contributed by atoms with Crippen LogP contribution in [0.25, 0.3) is 0 Å². The fraction of sp³-hybridized carbons (Fsp3) is 0.500. The van der Waals surface area contributed by atoms with Crippen molar-refractivity contribution < 1.29 is 4.79 Å². The summed E-state index contributed by atoms with van der Waals surface area (Å²) < 4.78 is 1.94. The van der Waals surface area contributed by atoms with Gasteiger partial charge in [-0.1, -0.05) is 0 Å². The number of aromatic nitrogens is 3. The number of thiazole rings is 1. The molecule has 0 spiro atoms. The number of hydrogen-bond acceptors (Lipinski definition) is 5. The zero-order chi connectivity index (χ0) is 15.4. The van der Waals surface area contributed by atoms with Gasteiger partial charge in [0.1, 0.15) is 0 Å². The summed E-state index contributed by atoms with van der Waals surface area (Å²) in [5.41, 5.74) is 0.947. The number of nitrogens with zero attached hydrogens (tertiary/aromatic N) is 4. The number of amides is 1. The number of nitrogens with one attached hydrogen (secondary N) is 1. The average molecular weight is 307 g/mol. The number of anilines is 1. The zero-order valence-electron chi connectivity index (χ0n) is 12.8. The second-order valence-electron chi connectivity index (χ2n) is 5.10. The Morgan fingerprint density at radius 2 is 2.29 bits per heavy atom. The SMILES string of the molecule is CC(=O)N(C)c1nc(CNC(C)C(C)n2cccn2)cs1. The lowest BCUT2D eigenvalue weighted by Gasteiger charge is -2.21. The van der Waals surface area contributed by atoms with Crippen molar-refractivity contribution in [2.45, 2.75) is 39.4 Å². The van der Waals surface area contributed by atoms with Gasteiger partial charge < -0.3 is 5.32 Å². The molecule has 2 unspecified atom stereocenters. The van der Waals surface area contributed by atoms with Crippen molar-refractivity contribution in [3.8, 4) is 0 Å². The molecule has 0 aliphatic heterocycles. The van der Waals surface area contributed by atoms with Crippen LogP contribution >= 0.6 is 11.3 Å². The molecule has 1 N–H and O–H groups in total. The Morgan fingerprint density at radius 3 is 2.90 bits per heavy atom. The molecule has 0 saturated heterocycles. The summed E-state index contributed by atoms with van der Waals surface area (Å²) in [4.78, 5) is 17.3. The number of hydrogen-bond donors (Lipinski definition) is 1. The van der Waals surface area contributed by atoms with E-state index in [1.807, 2.05) is 22.3 Å². The monoisotopic (exact) mass is 307 g/mol. The topological polar surface area (TPSA) is 63.1 Å². The highest BCUT2D eigenvalue weighted by molar-refractivity contribution is 7.14. The molecule has 1 amide bonds. The summed E-state index contributed by atoms with van der Waals surface area (Å²) in [6.45, 7) is 6.46. The van der Waals surface area contributed by atoms with Crippen LogP contribution in [0, 0.1) is 0 Å². The molecule has 2 aromatic heterocycles. The minimum absolute atomic E-state index is 0.00969. The summed E-state index contributed by atoms with van der Waals surface area (Å²) in [6.07, 6.45) is 3.75. The van der Waals surface area contributed by atoms with E-state index >= 15 is 0 Å². The first kappa shape index (κ1) is 15.7. The maximum absolute atomic E-state index is 11.3. The third-order valence-electron chi connectivity index (χ3n) is 3.57. The van der Waals surface area contributed by atoms with Crippen LogP contribution in [0.1, 0.15) is 32.5 Å². The highest BCUT2D eigenvalue weighted by Crippen LogP contribution is 2.19. The van der Waals surface area contributed by atoms with Crippen molar-refractivity contribution in [2.75, 3.05) is 11.9 Å². The van der Waals surface area contributed by atoms with E-state index < -0.39 is 0 Å². The molecule has 21 heavy (non-hydrogen) atoms. The lowest BCUT2D eigenvalue weighted by atomic mass is 10.2. The van der Waals surface area contributed by atoms with Crippen LogP contribution < -0.4 is 10.2 Å². The van der Waals surface area contributed by atoms with Crippen LogP contribution in [0.4, 0.5) is 5.13 Å². The molecule has 0 aliphatic carbocycles. The third kappa shape index (κ3) is 3.89. The maximum Gasteiger partial charge on any atom is 0.225 e. The molecule has 114 valence electrons. The Bertz CT molecular complexity index is 580. The fourth-order valence-electron chi connectivity index (χ4n) is 1.85. The zero-order valence-corrected chi connectivity index (χ0v) is 13.6. The molecule has 0 saturated carbocycles. The number of rotatable bonds is 6. The van der Waals surface area contributed by atoms with Crippen molar-refractivity contribution in [1.82, 2.24) is 20.1 Å². The molecule has 7 heteroatoms. The molecule has 0 fully saturated rings. The maximum atomic E-state index is 11.3. The molecule has 2 heterocycles. The van der Waals surface area contributed by atoms with E-state index in [4.69, 9.17) is 0 Å². The van der Waals surface area contributed by atoms with Gasteiger partial charge in [0.25, 0.3) is 0 Å². The number of carbonyl (C=O) groups excluding carboxylic acids is 1. The van der Waals surface area contributed by atoms with Gasteiger partial charge in [0.15, 0.2) is 5.13 Å². The summed E-state index contributed by atoms with van der Waals surface area (Å²) in [6, 6.07) is 2.45. The molecule has 6 nitrogen and oxygen atoms in total. The van der Waals surface area contributed by atoms with Gasteiger partial charge >= 0.3 is 0 Å². The lowest BCUT2D eigenvalue weighted by molar-refractivity contribution is -0.116. The van der Waals surface area contributed by atoms with E-state index in [0.717, 1.165) is 10.8 Å². The Hall–Kier alpha value is -1.73. The Kier molecular flexibility index (Phi) is 5.08. The van der Waals surface area contributed by atoms with Crippen molar-refractivity contribution in [3.63, 3.8) is 0 Å². The van der Waals surface area contributed by atoms with Crippen LogP contribution in [-0.2, 0) is 11.3 Å². The normalized spacial score (nSPS) is 13.9. The van der Waals surface area contributed by atoms with Gasteiger partial charge in [-0.05, 0) is 19.9 Å². The molecule has 0 radical (unpaired) electrons. The molecular weight excluding hydrogens is 286 g/mol. The molecule has 2 rings (SSSR count). The van der Waals surface area contributed by atoms with Crippen LogP contribution in [0.15, 0.2) is 23.8 Å². The summed E-state index contributed by atoms with van der Waals surface area (Å²) in [7, 11) is 1.74. The van der Waals surface area contributed by atoms with Crippen molar-refractivity contribution in [2.24, 2.45) is 0 Å². The molecule has 0 bridgehead atoms. The highest BCUT2D eigenvalue weighted by atomic mass is 32.1. The first-order chi connectivity index (χ1) is 9.99. The summed E-state index contributed by atoms with van der Waals surface area (Å²) in [5.74, 6) is -0.00969. The quantitative estimate of drug-likeness (QED) is 0.887. The Labute approximate surface area is 128 Å². The van der Waals surface area contributed by atoms with E-state index in [1.165, 1.54) is 18.3 Å². The summed E-state index contributed by atoms with van der Waals surface area (Å²) >= 11 is 1.48. The molecule has 0 aliphatic rings. The van der Waals surface area contributed by atoms with Gasteiger partial charge in [0.05, 0.1) is 11.7 Å². The van der Waals surface area contributed by atoms with Gasteiger partial charge in [-0.2, -0.15) is 5.10 Å². The van der Waals surface area contributed by atoms with Crippen LogP contribution in [0.5, 0.6) is 0 Å². The van der Waals surface area contributed by atoms with Gasteiger partial charge in [0, 0.05) is 44.3 Å². The molecular formula is C14H21N5OS. The lowest BCUT2D eigenvalue weighted by Crippen LogP contribution is -2.33. The van der Waals surface area contributed by atoms with Crippen molar-refractivity contribution in [1.29, 1.82) is 0 Å². The van der Waals surface area contributed by atoms with E-state index in [2.05, 4.69) is 29.2 Å². The van der Waals surface area contributed by atoms with Gasteiger partial charge in [-0.3, -0.25) is 14.4 Å². The molecule has 2 aromatic rings. The van der Waals surface area contributed by atoms with E-state index in [9.17, 15) is 4.79 Å². The smallest absolute Gasteiger partial charge is 0.225 e.